The molecule has 4 N–H and O–H groups in total. The largest absolute Gasteiger partial charge is 0.457 e. The molecule has 116 valence electrons. The smallest absolute Gasteiger partial charge is 0.149 e. The molecule has 3 rings (SSSR count). The third-order valence-electron chi connectivity index (χ3n) is 3.13. The molecule has 0 atom stereocenters. The van der Waals surface area contributed by atoms with Gasteiger partial charge in [-0.3, -0.25) is 0 Å². The number of benzene rings is 3. The van der Waals surface area contributed by atoms with Crippen LogP contribution >= 0.6 is 11.6 Å². The Bertz CT molecular complexity index is 802. The molecule has 4 nitrogen and oxygen atoms in total. The molecule has 0 unspecified atom stereocenters. The molecule has 0 aliphatic carbocycles. The Morgan fingerprint density at radius 3 is 1.65 bits per heavy atom. The topological polar surface area (TPSA) is 70.5 Å². The van der Waals surface area contributed by atoms with Crippen LogP contribution in [0, 0.1) is 0 Å². The van der Waals surface area contributed by atoms with Crippen molar-refractivity contribution in [1.82, 2.24) is 0 Å². The van der Waals surface area contributed by atoms with E-state index in [1.54, 1.807) is 66.7 Å². The highest BCUT2D eigenvalue weighted by Gasteiger charge is 2.07. The third-order valence-corrected chi connectivity index (χ3v) is 3.44. The summed E-state index contributed by atoms with van der Waals surface area (Å²) in [6.07, 6.45) is 0. The van der Waals surface area contributed by atoms with Crippen molar-refractivity contribution in [2.24, 2.45) is 0 Å². The monoisotopic (exact) mass is 326 g/mol. The Morgan fingerprint density at radius 2 is 1.09 bits per heavy atom. The van der Waals surface area contributed by atoms with E-state index in [0.717, 1.165) is 0 Å². The summed E-state index contributed by atoms with van der Waals surface area (Å²) >= 11 is 6.18. The minimum atomic E-state index is 0.492. The first-order chi connectivity index (χ1) is 11.1. The first kappa shape index (κ1) is 15.1. The molecule has 0 aliphatic rings. The van der Waals surface area contributed by atoms with Crippen molar-refractivity contribution in [1.29, 1.82) is 0 Å². The lowest BCUT2D eigenvalue weighted by molar-refractivity contribution is 0.460. The number of rotatable bonds is 4. The number of hydrogen-bond acceptors (Lipinski definition) is 4. The Balaban J connectivity index is 1.81. The lowest BCUT2D eigenvalue weighted by atomic mass is 10.3. The Hall–Kier alpha value is -2.85. The van der Waals surface area contributed by atoms with Crippen molar-refractivity contribution in [3.63, 3.8) is 0 Å². The predicted octanol–water partition coefficient (Wildman–Crippen LogP) is 5.09. The number of nitrogens with two attached hydrogens (primary N) is 2. The van der Waals surface area contributed by atoms with Gasteiger partial charge in [-0.1, -0.05) is 11.6 Å². The zero-order chi connectivity index (χ0) is 16.2. The molecule has 0 radical (unpaired) electrons. The average molecular weight is 327 g/mol. The van der Waals surface area contributed by atoms with Gasteiger partial charge in [-0.25, -0.2) is 0 Å². The predicted molar refractivity (Wildman–Crippen MR) is 93.3 cm³/mol. The van der Waals surface area contributed by atoms with Crippen LogP contribution in [-0.4, -0.2) is 0 Å². The molecule has 0 aliphatic heterocycles. The molecule has 3 aromatic rings. The second kappa shape index (κ2) is 6.50. The van der Waals surface area contributed by atoms with Gasteiger partial charge < -0.3 is 20.9 Å². The van der Waals surface area contributed by atoms with Crippen LogP contribution in [0.5, 0.6) is 23.0 Å². The molecule has 0 spiro atoms. The van der Waals surface area contributed by atoms with Gasteiger partial charge in [0.25, 0.3) is 0 Å². The van der Waals surface area contributed by atoms with Crippen molar-refractivity contribution in [3.05, 3.63) is 71.8 Å². The Kier molecular flexibility index (Phi) is 4.26. The number of hydrogen-bond donors (Lipinski definition) is 2. The summed E-state index contributed by atoms with van der Waals surface area (Å²) in [5, 5.41) is 0.492. The molecule has 0 fully saturated rings. The van der Waals surface area contributed by atoms with Crippen LogP contribution in [0.25, 0.3) is 0 Å². The van der Waals surface area contributed by atoms with Gasteiger partial charge in [0, 0.05) is 17.4 Å². The van der Waals surface area contributed by atoms with Crippen molar-refractivity contribution in [2.75, 3.05) is 11.5 Å². The van der Waals surface area contributed by atoms with Gasteiger partial charge in [0.1, 0.15) is 23.0 Å². The van der Waals surface area contributed by atoms with Crippen molar-refractivity contribution >= 4 is 23.0 Å². The van der Waals surface area contributed by atoms with Crippen molar-refractivity contribution < 1.29 is 9.47 Å². The highest BCUT2D eigenvalue weighted by atomic mass is 35.5. The normalized spacial score (nSPS) is 10.3. The highest BCUT2D eigenvalue weighted by Crippen LogP contribution is 2.34. The van der Waals surface area contributed by atoms with Crippen LogP contribution in [0.2, 0.25) is 5.02 Å². The van der Waals surface area contributed by atoms with Crippen LogP contribution < -0.4 is 20.9 Å². The van der Waals surface area contributed by atoms with Gasteiger partial charge in [-0.2, -0.15) is 0 Å². The van der Waals surface area contributed by atoms with Crippen molar-refractivity contribution in [2.45, 2.75) is 0 Å². The molecule has 23 heavy (non-hydrogen) atoms. The van der Waals surface area contributed by atoms with Gasteiger partial charge in [0.05, 0.1) is 5.02 Å². The van der Waals surface area contributed by atoms with Gasteiger partial charge in [-0.15, -0.1) is 0 Å². The number of ether oxygens (including phenoxy) is 2. The quantitative estimate of drug-likeness (QED) is 0.655. The number of nitrogen functional groups attached to an aromatic ring is 2. The van der Waals surface area contributed by atoms with Crippen LogP contribution in [0.15, 0.2) is 66.7 Å². The Labute approximate surface area is 139 Å². The highest BCUT2D eigenvalue weighted by molar-refractivity contribution is 6.32. The molecule has 0 saturated carbocycles. The zero-order valence-corrected chi connectivity index (χ0v) is 13.0. The molecule has 0 bridgehead atoms. The van der Waals surface area contributed by atoms with E-state index in [2.05, 4.69) is 0 Å². The summed E-state index contributed by atoms with van der Waals surface area (Å²) in [6.45, 7) is 0. The van der Waals surface area contributed by atoms with Gasteiger partial charge in [0.2, 0.25) is 0 Å². The molecule has 0 amide bonds. The van der Waals surface area contributed by atoms with E-state index >= 15 is 0 Å². The first-order valence-electron chi connectivity index (χ1n) is 6.96. The van der Waals surface area contributed by atoms with Crippen LogP contribution in [0.1, 0.15) is 0 Å². The van der Waals surface area contributed by atoms with E-state index in [-0.39, 0.29) is 0 Å². The van der Waals surface area contributed by atoms with E-state index in [4.69, 9.17) is 32.5 Å². The summed E-state index contributed by atoms with van der Waals surface area (Å²) in [4.78, 5) is 0. The summed E-state index contributed by atoms with van der Waals surface area (Å²) in [6, 6.07) is 19.4. The van der Waals surface area contributed by atoms with Crippen LogP contribution in [0.4, 0.5) is 11.4 Å². The van der Waals surface area contributed by atoms with E-state index < -0.39 is 0 Å². The molecule has 0 aromatic heterocycles. The van der Waals surface area contributed by atoms with Gasteiger partial charge in [-0.05, 0) is 60.7 Å². The molecular formula is C18H15ClN2O2. The molecule has 3 aromatic carbocycles. The third kappa shape index (κ3) is 3.87. The maximum Gasteiger partial charge on any atom is 0.149 e. The average Bonchev–Trinajstić information content (AvgIpc) is 2.55. The summed E-state index contributed by atoms with van der Waals surface area (Å²) < 4.78 is 11.5. The standard InChI is InChI=1S/C18H15ClN2O2/c19-17-10-9-16(22-14-5-1-12(20)2-6-14)11-18(17)23-15-7-3-13(21)4-8-15/h1-11H,20-21H2. The lowest BCUT2D eigenvalue weighted by Gasteiger charge is -2.11. The van der Waals surface area contributed by atoms with Gasteiger partial charge >= 0.3 is 0 Å². The maximum absolute atomic E-state index is 6.18. The molecule has 0 saturated heterocycles. The van der Waals surface area contributed by atoms with E-state index in [1.807, 2.05) is 0 Å². The fraction of sp³-hybridized carbons (Fsp3) is 0. The van der Waals surface area contributed by atoms with E-state index in [9.17, 15) is 0 Å². The summed E-state index contributed by atoms with van der Waals surface area (Å²) in [5.74, 6) is 2.44. The summed E-state index contributed by atoms with van der Waals surface area (Å²) in [7, 11) is 0. The van der Waals surface area contributed by atoms with E-state index in [1.165, 1.54) is 0 Å². The summed E-state index contributed by atoms with van der Waals surface area (Å²) in [5.41, 5.74) is 12.7. The SMILES string of the molecule is Nc1ccc(Oc2ccc(Cl)c(Oc3ccc(N)cc3)c2)cc1. The van der Waals surface area contributed by atoms with Crippen LogP contribution in [0.3, 0.4) is 0 Å². The number of halogens is 1. The lowest BCUT2D eigenvalue weighted by Crippen LogP contribution is -1.90. The second-order valence-corrected chi connectivity index (χ2v) is 5.34. The zero-order valence-electron chi connectivity index (χ0n) is 12.2. The molecular weight excluding hydrogens is 312 g/mol. The van der Waals surface area contributed by atoms with Crippen molar-refractivity contribution in [3.8, 4) is 23.0 Å². The fourth-order valence-electron chi connectivity index (χ4n) is 1.96. The fourth-order valence-corrected chi connectivity index (χ4v) is 2.12. The number of anilines is 2. The molecule has 0 heterocycles. The second-order valence-electron chi connectivity index (χ2n) is 4.93. The minimum absolute atomic E-state index is 0.492. The van der Waals surface area contributed by atoms with Gasteiger partial charge in [0.15, 0.2) is 0 Å². The maximum atomic E-state index is 6.18. The molecule has 5 heteroatoms. The minimum Gasteiger partial charge on any atom is -0.457 e. The Morgan fingerprint density at radius 1 is 0.609 bits per heavy atom. The first-order valence-corrected chi connectivity index (χ1v) is 7.34. The van der Waals surface area contributed by atoms with E-state index in [0.29, 0.717) is 39.4 Å². The van der Waals surface area contributed by atoms with Crippen LogP contribution in [-0.2, 0) is 0 Å².